The third kappa shape index (κ3) is 11.0. The monoisotopic (exact) mass is 540 g/mol. The van der Waals surface area contributed by atoms with E-state index in [0.29, 0.717) is 32.8 Å². The molecule has 3 aliphatic rings. The summed E-state index contributed by atoms with van der Waals surface area (Å²) in [5.74, 6) is -1.49. The van der Waals surface area contributed by atoms with Gasteiger partial charge in [0, 0.05) is 44.6 Å². The molecule has 3 aliphatic heterocycles. The number of likely N-dealkylation sites (tertiary alicyclic amines) is 2. The van der Waals surface area contributed by atoms with Crippen molar-refractivity contribution in [1.29, 1.82) is 0 Å². The van der Waals surface area contributed by atoms with E-state index in [1.807, 2.05) is 20.8 Å². The molecule has 0 radical (unpaired) electrons. The van der Waals surface area contributed by atoms with Crippen molar-refractivity contribution < 1.29 is 78.6 Å². The number of hydrogen-bond donors (Lipinski definition) is 2. The summed E-state index contributed by atoms with van der Waals surface area (Å²) in [6, 6.07) is 0. The molecule has 0 bridgehead atoms. The summed E-state index contributed by atoms with van der Waals surface area (Å²) in [5.41, 5.74) is -1.01. The molecule has 0 aromatic rings. The minimum Gasteiger partial charge on any atom is -0.870 e. The van der Waals surface area contributed by atoms with Crippen molar-refractivity contribution in [3.63, 3.8) is 0 Å². The van der Waals surface area contributed by atoms with Crippen molar-refractivity contribution in [2.45, 2.75) is 65.6 Å². The third-order valence-corrected chi connectivity index (χ3v) is 5.99. The normalized spacial score (nSPS) is 20.5. The van der Waals surface area contributed by atoms with Gasteiger partial charge in [-0.1, -0.05) is 0 Å². The number of aliphatic hydroxyl groups is 1. The number of aliphatic hydroxyl groups excluding tert-OH is 1. The fourth-order valence-electron chi connectivity index (χ4n) is 4.12. The van der Waals surface area contributed by atoms with E-state index in [9.17, 15) is 19.2 Å². The van der Waals surface area contributed by atoms with Gasteiger partial charge in [0.05, 0.1) is 18.4 Å². The van der Waals surface area contributed by atoms with Gasteiger partial charge in [-0.3, -0.25) is 9.59 Å². The van der Waals surface area contributed by atoms with Crippen molar-refractivity contribution in [3.05, 3.63) is 0 Å². The molecular weight excluding hydrogens is 499 g/mol. The maximum absolute atomic E-state index is 11.7. The van der Waals surface area contributed by atoms with Gasteiger partial charge in [-0.15, -0.1) is 0 Å². The van der Waals surface area contributed by atoms with Gasteiger partial charge >= 0.3 is 53.7 Å². The summed E-state index contributed by atoms with van der Waals surface area (Å²) in [4.78, 5) is 48.8. The van der Waals surface area contributed by atoms with Crippen LogP contribution in [0.4, 0.5) is 9.59 Å². The Hall–Kier alpha value is -1.60. The first-order chi connectivity index (χ1) is 16.1. The number of carboxylic acids is 1. The number of carbonyl (C=O) groups excluding carboxylic acids is 3. The van der Waals surface area contributed by atoms with E-state index in [1.54, 1.807) is 25.7 Å². The summed E-state index contributed by atoms with van der Waals surface area (Å²) in [6.07, 6.45) is 0.306. The number of carbonyl (C=O) groups is 4. The van der Waals surface area contributed by atoms with E-state index in [1.165, 1.54) is 4.90 Å². The summed E-state index contributed by atoms with van der Waals surface area (Å²) in [6.45, 7) is 13.2. The number of cyclic esters (lactones) is 1. The van der Waals surface area contributed by atoms with Crippen LogP contribution >= 0.6 is 0 Å². The van der Waals surface area contributed by atoms with Crippen LogP contribution in [0.2, 0.25) is 0 Å². The van der Waals surface area contributed by atoms with Crippen molar-refractivity contribution in [3.8, 4) is 0 Å². The van der Waals surface area contributed by atoms with Gasteiger partial charge in [0.2, 0.25) is 0 Å². The number of nitrogens with zero attached hydrogens (tertiary/aromatic N) is 2. The molecule has 3 N–H and O–H groups in total. The summed E-state index contributed by atoms with van der Waals surface area (Å²) >= 11 is 0. The molecular formula is C24H41N2NaO10. The standard InChI is InChI=1S/C12H21NO5.C12H19NO4.Na.H2O/c1-12(2,3)18-11(17)13-6-8(7-13)9(4-5-14)10(15)16;1-12(2,3)17-11(15)13-6-8(7-13)9-4-5-16-10(9)14;;/h8-9,14H,4-7H2,1-3H3,(H,15,16);8-9H,4-7H2,1-3H3;;1H2/q;;+1;/p-1. The third-order valence-electron chi connectivity index (χ3n) is 5.99. The fraction of sp³-hybridized carbons (Fsp3) is 0.833. The largest absolute Gasteiger partial charge is 1.00 e. The first-order valence-corrected chi connectivity index (χ1v) is 12.1. The van der Waals surface area contributed by atoms with Crippen LogP contribution in [0.25, 0.3) is 0 Å². The molecule has 37 heavy (non-hydrogen) atoms. The minimum absolute atomic E-state index is 0. The van der Waals surface area contributed by atoms with Gasteiger partial charge < -0.3 is 39.7 Å². The first-order valence-electron chi connectivity index (χ1n) is 12.1. The summed E-state index contributed by atoms with van der Waals surface area (Å²) in [7, 11) is 0. The SMILES string of the molecule is CC(C)(C)OC(=O)N1CC(C(CCO)C(=O)O)C1.CC(C)(C)OC(=O)N1CC(C2CCOC2=O)C1.[Na+].[OH-]. The van der Waals surface area contributed by atoms with E-state index in [-0.39, 0.29) is 77.9 Å². The predicted octanol–water partition coefficient (Wildman–Crippen LogP) is -0.820. The number of rotatable bonds is 5. The quantitative estimate of drug-likeness (QED) is 0.255. The maximum Gasteiger partial charge on any atom is 1.00 e. The molecule has 0 aromatic carbocycles. The average molecular weight is 541 g/mol. The number of hydrogen-bond acceptors (Lipinski definition) is 9. The molecule has 0 aromatic heterocycles. The van der Waals surface area contributed by atoms with Crippen LogP contribution in [-0.4, -0.2) is 100 Å². The maximum atomic E-state index is 11.7. The zero-order valence-electron chi connectivity index (χ0n) is 23.1. The Kier molecular flexibility index (Phi) is 13.9. The molecule has 2 atom stereocenters. The Bertz CT molecular complexity index is 783. The van der Waals surface area contributed by atoms with E-state index < -0.39 is 29.2 Å². The van der Waals surface area contributed by atoms with Gasteiger partial charge in [0.15, 0.2) is 0 Å². The zero-order chi connectivity index (χ0) is 26.6. The van der Waals surface area contributed by atoms with Gasteiger partial charge in [-0.2, -0.15) is 0 Å². The molecule has 3 heterocycles. The predicted molar refractivity (Wildman–Crippen MR) is 126 cm³/mol. The van der Waals surface area contributed by atoms with Crippen LogP contribution < -0.4 is 29.6 Å². The molecule has 2 amide bonds. The molecule has 0 aliphatic carbocycles. The van der Waals surface area contributed by atoms with Crippen molar-refractivity contribution in [2.75, 3.05) is 39.4 Å². The van der Waals surface area contributed by atoms with Crippen LogP contribution in [0.1, 0.15) is 54.4 Å². The van der Waals surface area contributed by atoms with Crippen LogP contribution in [-0.2, 0) is 23.8 Å². The van der Waals surface area contributed by atoms with Gasteiger partial charge in [-0.25, -0.2) is 9.59 Å². The molecule has 13 heteroatoms. The van der Waals surface area contributed by atoms with Crippen molar-refractivity contribution >= 4 is 24.1 Å². The van der Waals surface area contributed by atoms with Crippen molar-refractivity contribution in [2.24, 2.45) is 23.7 Å². The molecule has 0 spiro atoms. The fourth-order valence-corrected chi connectivity index (χ4v) is 4.12. The molecule has 3 rings (SSSR count). The Labute approximate surface area is 240 Å². The number of carboxylic acid groups (broad SMARTS) is 1. The molecule has 0 saturated carbocycles. The number of amides is 2. The van der Waals surface area contributed by atoms with Crippen LogP contribution in [0.15, 0.2) is 0 Å². The van der Waals surface area contributed by atoms with Gasteiger partial charge in [-0.05, 0) is 54.4 Å². The second kappa shape index (κ2) is 14.5. The number of ether oxygens (including phenoxy) is 3. The van der Waals surface area contributed by atoms with Crippen LogP contribution in [0, 0.1) is 23.7 Å². The van der Waals surface area contributed by atoms with E-state index in [2.05, 4.69) is 0 Å². The smallest absolute Gasteiger partial charge is 0.870 e. The second-order valence-corrected chi connectivity index (χ2v) is 11.3. The summed E-state index contributed by atoms with van der Waals surface area (Å²) < 4.78 is 15.4. The zero-order valence-corrected chi connectivity index (χ0v) is 25.1. The summed E-state index contributed by atoms with van der Waals surface area (Å²) in [5, 5.41) is 17.8. The number of aliphatic carboxylic acids is 1. The molecule has 3 fully saturated rings. The van der Waals surface area contributed by atoms with Gasteiger partial charge in [0.1, 0.15) is 11.2 Å². The Morgan fingerprint density at radius 3 is 1.78 bits per heavy atom. The Morgan fingerprint density at radius 1 is 0.973 bits per heavy atom. The molecule has 208 valence electrons. The molecule has 3 saturated heterocycles. The van der Waals surface area contributed by atoms with Gasteiger partial charge in [0.25, 0.3) is 0 Å². The van der Waals surface area contributed by atoms with E-state index in [0.717, 1.165) is 6.42 Å². The Balaban J connectivity index is 0.000000665. The van der Waals surface area contributed by atoms with E-state index >= 15 is 0 Å². The Morgan fingerprint density at radius 2 is 1.43 bits per heavy atom. The number of esters is 1. The van der Waals surface area contributed by atoms with Crippen molar-refractivity contribution in [1.82, 2.24) is 9.80 Å². The second-order valence-electron chi connectivity index (χ2n) is 11.3. The first kappa shape index (κ1) is 35.4. The molecule has 12 nitrogen and oxygen atoms in total. The topological polar surface area (TPSA) is 173 Å². The van der Waals surface area contributed by atoms with Crippen LogP contribution in [0.3, 0.4) is 0 Å². The van der Waals surface area contributed by atoms with Crippen LogP contribution in [0.5, 0.6) is 0 Å². The molecule has 2 unspecified atom stereocenters. The average Bonchev–Trinajstić information content (AvgIpc) is 3.01. The van der Waals surface area contributed by atoms with E-state index in [4.69, 9.17) is 24.4 Å². The minimum atomic E-state index is -0.919.